The molecule has 130 valence electrons. The molecule has 3 aromatic rings. The number of methoxy groups -OCH3 is 1. The number of halogens is 2. The molecule has 1 heterocycles. The molecule has 0 aliphatic rings. The highest BCUT2D eigenvalue weighted by Crippen LogP contribution is 2.34. The Hall–Kier alpha value is -2.46. The molecule has 0 atom stereocenters. The van der Waals surface area contributed by atoms with Crippen molar-refractivity contribution in [1.82, 2.24) is 4.98 Å². The van der Waals surface area contributed by atoms with E-state index in [0.29, 0.717) is 32.6 Å². The fraction of sp³-hybridized carbons (Fsp3) is 0.200. The van der Waals surface area contributed by atoms with E-state index in [-0.39, 0.29) is 0 Å². The number of esters is 1. The lowest BCUT2D eigenvalue weighted by atomic mass is 10.00. The van der Waals surface area contributed by atoms with Gasteiger partial charge in [-0.3, -0.25) is 4.98 Å². The highest BCUT2D eigenvalue weighted by atomic mass is 35.5. The molecule has 5 heteroatoms. The van der Waals surface area contributed by atoms with Gasteiger partial charge in [0.05, 0.1) is 29.6 Å². The molecular weight excluding hydrogens is 341 g/mol. The van der Waals surface area contributed by atoms with E-state index in [1.165, 1.54) is 13.2 Å². The van der Waals surface area contributed by atoms with Crippen molar-refractivity contribution in [2.24, 2.45) is 0 Å². The second kappa shape index (κ2) is 8.08. The van der Waals surface area contributed by atoms with Crippen molar-refractivity contribution in [2.75, 3.05) is 7.11 Å². The first-order valence-corrected chi connectivity index (χ1v) is 8.32. The highest BCUT2D eigenvalue weighted by molar-refractivity contribution is 6.34. The second-order valence-electron chi connectivity index (χ2n) is 5.14. The van der Waals surface area contributed by atoms with Gasteiger partial charge in [0.25, 0.3) is 0 Å². The summed E-state index contributed by atoms with van der Waals surface area (Å²) in [4.78, 5) is 15.9. The van der Waals surface area contributed by atoms with Gasteiger partial charge in [-0.05, 0) is 24.6 Å². The number of aryl methyl sites for hydroxylation is 1. The normalized spacial score (nSPS) is 10.2. The lowest BCUT2D eigenvalue weighted by molar-refractivity contribution is 0.0601. The van der Waals surface area contributed by atoms with Crippen molar-refractivity contribution in [1.29, 1.82) is 0 Å². The number of carbonyl (C=O) groups is 1. The smallest absolute Gasteiger partial charge is 0.337 e. The summed E-state index contributed by atoms with van der Waals surface area (Å²) in [7, 11) is 1.30. The fourth-order valence-corrected chi connectivity index (χ4v) is 2.71. The number of fused-ring (bicyclic) bond motifs is 1. The first-order valence-electron chi connectivity index (χ1n) is 7.95. The first kappa shape index (κ1) is 18.9. The van der Waals surface area contributed by atoms with Crippen LogP contribution in [0.5, 0.6) is 0 Å². The average Bonchev–Trinajstić information content (AvgIpc) is 2.65. The summed E-state index contributed by atoms with van der Waals surface area (Å²) in [5, 5.41) is 1.44. The molecule has 1 aromatic heterocycles. The third-order valence-electron chi connectivity index (χ3n) is 3.71. The summed E-state index contributed by atoms with van der Waals surface area (Å²) in [5.41, 5.74) is 2.45. The van der Waals surface area contributed by atoms with Crippen LogP contribution in [0.2, 0.25) is 5.02 Å². The third-order valence-corrected chi connectivity index (χ3v) is 4.21. The Morgan fingerprint density at radius 3 is 2.56 bits per heavy atom. The van der Waals surface area contributed by atoms with E-state index in [0.717, 1.165) is 11.8 Å². The summed E-state index contributed by atoms with van der Waals surface area (Å²) in [6.07, 6.45) is 1.16. The number of hydrogen-bond acceptors (Lipinski definition) is 3. The van der Waals surface area contributed by atoms with Gasteiger partial charge in [-0.25, -0.2) is 9.18 Å². The van der Waals surface area contributed by atoms with Crippen LogP contribution in [0.3, 0.4) is 0 Å². The fourth-order valence-electron chi connectivity index (χ4n) is 2.50. The Balaban J connectivity index is 0.00000109. The maximum Gasteiger partial charge on any atom is 0.337 e. The number of ether oxygens (including phenoxy) is 1. The van der Waals surface area contributed by atoms with E-state index < -0.39 is 11.8 Å². The Bertz CT molecular complexity index is 925. The number of aromatic nitrogens is 1. The zero-order valence-electron chi connectivity index (χ0n) is 14.6. The SMILES string of the molecule is CC.COC(=O)c1ccc2c(F)cnc(-c3cccc(C)c3Cl)c2c1. The van der Waals surface area contributed by atoms with Crippen LogP contribution in [-0.4, -0.2) is 18.1 Å². The Morgan fingerprint density at radius 1 is 1.16 bits per heavy atom. The second-order valence-corrected chi connectivity index (χ2v) is 5.52. The summed E-state index contributed by atoms with van der Waals surface area (Å²) >= 11 is 6.37. The van der Waals surface area contributed by atoms with E-state index in [1.807, 2.05) is 39.0 Å². The van der Waals surface area contributed by atoms with E-state index in [1.54, 1.807) is 12.1 Å². The van der Waals surface area contributed by atoms with Gasteiger partial charge in [-0.1, -0.05) is 49.7 Å². The molecule has 3 nitrogen and oxygen atoms in total. The van der Waals surface area contributed by atoms with Crippen molar-refractivity contribution in [3.05, 3.63) is 64.6 Å². The van der Waals surface area contributed by atoms with Crippen molar-refractivity contribution in [2.45, 2.75) is 20.8 Å². The minimum atomic E-state index is -0.488. The lowest BCUT2D eigenvalue weighted by Crippen LogP contribution is -2.01. The molecule has 0 saturated heterocycles. The molecule has 0 radical (unpaired) electrons. The number of hydrogen-bond donors (Lipinski definition) is 0. The maximum atomic E-state index is 14.1. The Labute approximate surface area is 151 Å². The highest BCUT2D eigenvalue weighted by Gasteiger charge is 2.15. The average molecular weight is 360 g/mol. The number of benzene rings is 2. The van der Waals surface area contributed by atoms with Crippen molar-refractivity contribution in [3.63, 3.8) is 0 Å². The predicted molar refractivity (Wildman–Crippen MR) is 99.6 cm³/mol. The molecule has 0 amide bonds. The minimum absolute atomic E-state index is 0.331. The maximum absolute atomic E-state index is 14.1. The van der Waals surface area contributed by atoms with Gasteiger partial charge in [-0.15, -0.1) is 0 Å². The van der Waals surface area contributed by atoms with Crippen LogP contribution in [-0.2, 0) is 4.74 Å². The summed E-state index contributed by atoms with van der Waals surface area (Å²) < 4.78 is 18.8. The predicted octanol–water partition coefficient (Wildman–Crippen LogP) is 5.82. The first-order chi connectivity index (χ1) is 12.0. The van der Waals surface area contributed by atoms with E-state index in [2.05, 4.69) is 4.98 Å². The van der Waals surface area contributed by atoms with E-state index in [4.69, 9.17) is 16.3 Å². The van der Waals surface area contributed by atoms with Crippen molar-refractivity contribution < 1.29 is 13.9 Å². The van der Waals surface area contributed by atoms with Gasteiger partial charge in [0.1, 0.15) is 5.82 Å². The van der Waals surface area contributed by atoms with Gasteiger partial charge in [0.2, 0.25) is 0 Å². The number of rotatable bonds is 2. The molecule has 25 heavy (non-hydrogen) atoms. The zero-order chi connectivity index (χ0) is 18.6. The molecule has 0 unspecified atom stereocenters. The molecule has 0 N–H and O–H groups in total. The standard InChI is InChI=1S/C18H13ClFNO2.C2H6/c1-10-4-3-5-13(16(10)19)17-14-8-11(18(22)23-2)6-7-12(14)15(20)9-21-17;1-2/h3-9H,1-2H3;1-2H3. The molecular formula is C20H19ClFNO2. The molecule has 3 rings (SSSR count). The number of carbonyl (C=O) groups excluding carboxylic acids is 1. The van der Waals surface area contributed by atoms with Gasteiger partial charge in [0, 0.05) is 16.3 Å². The molecule has 0 fully saturated rings. The van der Waals surface area contributed by atoms with Crippen molar-refractivity contribution in [3.8, 4) is 11.3 Å². The molecule has 0 aliphatic heterocycles. The Morgan fingerprint density at radius 2 is 1.88 bits per heavy atom. The quantitative estimate of drug-likeness (QED) is 0.541. The third kappa shape index (κ3) is 3.64. The van der Waals surface area contributed by atoms with Crippen LogP contribution in [0.15, 0.2) is 42.6 Å². The Kier molecular flexibility index (Phi) is 6.10. The molecule has 0 aliphatic carbocycles. The van der Waals surface area contributed by atoms with Crippen molar-refractivity contribution >= 4 is 28.3 Å². The largest absolute Gasteiger partial charge is 0.465 e. The topological polar surface area (TPSA) is 39.2 Å². The van der Waals surface area contributed by atoms with Crippen LogP contribution in [0.25, 0.3) is 22.0 Å². The monoisotopic (exact) mass is 359 g/mol. The van der Waals surface area contributed by atoms with Crippen LogP contribution in [0, 0.1) is 12.7 Å². The van der Waals surface area contributed by atoms with Crippen LogP contribution >= 0.6 is 11.6 Å². The van der Waals surface area contributed by atoms with Gasteiger partial charge >= 0.3 is 5.97 Å². The minimum Gasteiger partial charge on any atom is -0.465 e. The van der Waals surface area contributed by atoms with E-state index >= 15 is 0 Å². The molecule has 0 spiro atoms. The van der Waals surface area contributed by atoms with Crippen LogP contribution in [0.1, 0.15) is 29.8 Å². The van der Waals surface area contributed by atoms with Gasteiger partial charge in [-0.2, -0.15) is 0 Å². The van der Waals surface area contributed by atoms with Gasteiger partial charge < -0.3 is 4.74 Å². The zero-order valence-corrected chi connectivity index (χ0v) is 15.3. The van der Waals surface area contributed by atoms with Crippen LogP contribution in [0.4, 0.5) is 4.39 Å². The summed E-state index contributed by atoms with van der Waals surface area (Å²) in [6.45, 7) is 5.89. The molecule has 2 aromatic carbocycles. The summed E-state index contributed by atoms with van der Waals surface area (Å²) in [5.74, 6) is -0.943. The molecule has 0 bridgehead atoms. The lowest BCUT2D eigenvalue weighted by Gasteiger charge is -2.11. The van der Waals surface area contributed by atoms with E-state index in [9.17, 15) is 9.18 Å². The number of pyridine rings is 1. The van der Waals surface area contributed by atoms with Crippen LogP contribution < -0.4 is 0 Å². The number of nitrogens with zero attached hydrogens (tertiary/aromatic N) is 1. The molecule has 0 saturated carbocycles. The van der Waals surface area contributed by atoms with Gasteiger partial charge in [0.15, 0.2) is 0 Å². The summed E-state index contributed by atoms with van der Waals surface area (Å²) in [6, 6.07) is 10.2.